The molecule has 1 aromatic carbocycles. The van der Waals surface area contributed by atoms with Gasteiger partial charge in [-0.15, -0.1) is 0 Å². The predicted molar refractivity (Wildman–Crippen MR) is 67.2 cm³/mol. The minimum absolute atomic E-state index is 0.226. The molecular formula is C13H15N3O2. The molecule has 0 amide bonds. The van der Waals surface area contributed by atoms with Crippen molar-refractivity contribution < 1.29 is 9.84 Å². The fourth-order valence-electron chi connectivity index (χ4n) is 1.57. The molecule has 0 saturated heterocycles. The number of nitrogens with one attached hydrogen (secondary N) is 1. The van der Waals surface area contributed by atoms with Crippen LogP contribution in [0.3, 0.4) is 0 Å². The Balaban J connectivity index is 1.91. The zero-order valence-corrected chi connectivity index (χ0v) is 10.1. The lowest BCUT2D eigenvalue weighted by Crippen LogP contribution is -2.13. The fraction of sp³-hybridized carbons (Fsp3) is 0.231. The third-order valence-corrected chi connectivity index (χ3v) is 2.56. The first kappa shape index (κ1) is 12.3. The topological polar surface area (TPSA) is 67.3 Å². The van der Waals surface area contributed by atoms with Gasteiger partial charge in [0.15, 0.2) is 0 Å². The quantitative estimate of drug-likeness (QED) is 0.835. The van der Waals surface area contributed by atoms with Crippen molar-refractivity contribution in [3.05, 3.63) is 48.0 Å². The van der Waals surface area contributed by atoms with Crippen LogP contribution in [0.5, 0.6) is 11.5 Å². The number of benzene rings is 1. The molecule has 0 radical (unpaired) electrons. The van der Waals surface area contributed by atoms with Crippen LogP contribution in [0.15, 0.2) is 36.8 Å². The summed E-state index contributed by atoms with van der Waals surface area (Å²) >= 11 is 0. The van der Waals surface area contributed by atoms with Crippen molar-refractivity contribution >= 4 is 0 Å². The van der Waals surface area contributed by atoms with E-state index in [9.17, 15) is 5.11 Å². The number of ether oxygens (including phenoxy) is 1. The van der Waals surface area contributed by atoms with Crippen molar-refractivity contribution in [2.45, 2.75) is 13.1 Å². The van der Waals surface area contributed by atoms with E-state index in [0.717, 1.165) is 11.3 Å². The van der Waals surface area contributed by atoms with Crippen molar-refractivity contribution in [1.82, 2.24) is 15.3 Å². The predicted octanol–water partition coefficient (Wildman–Crippen LogP) is 1.48. The number of methoxy groups -OCH3 is 1. The average molecular weight is 245 g/mol. The summed E-state index contributed by atoms with van der Waals surface area (Å²) < 4.78 is 5.03. The number of phenolic OH excluding ortho intramolecular Hbond substituents is 1. The Morgan fingerprint density at radius 1 is 1.28 bits per heavy atom. The molecule has 0 saturated carbocycles. The summed E-state index contributed by atoms with van der Waals surface area (Å²) in [5.41, 5.74) is 1.74. The monoisotopic (exact) mass is 245 g/mol. The second-order valence-electron chi connectivity index (χ2n) is 3.80. The molecule has 0 fully saturated rings. The SMILES string of the molecule is COc1ccc(CNCc2ccncn2)c(O)c1. The summed E-state index contributed by atoms with van der Waals surface area (Å²) in [5.74, 6) is 0.872. The Hall–Kier alpha value is -2.14. The Morgan fingerprint density at radius 3 is 2.83 bits per heavy atom. The standard InChI is InChI=1S/C13H15N3O2/c1-18-12-3-2-10(13(17)6-12)7-15-8-11-4-5-14-9-16-11/h2-6,9,15,17H,7-8H2,1H3. The average Bonchev–Trinajstić information content (AvgIpc) is 2.42. The van der Waals surface area contributed by atoms with Gasteiger partial charge in [0.2, 0.25) is 0 Å². The van der Waals surface area contributed by atoms with Gasteiger partial charge in [0.1, 0.15) is 17.8 Å². The van der Waals surface area contributed by atoms with E-state index >= 15 is 0 Å². The van der Waals surface area contributed by atoms with E-state index in [-0.39, 0.29) is 5.75 Å². The molecule has 0 aliphatic carbocycles. The summed E-state index contributed by atoms with van der Waals surface area (Å²) in [7, 11) is 1.57. The minimum atomic E-state index is 0.226. The summed E-state index contributed by atoms with van der Waals surface area (Å²) in [4.78, 5) is 7.96. The van der Waals surface area contributed by atoms with E-state index in [0.29, 0.717) is 18.8 Å². The summed E-state index contributed by atoms with van der Waals surface area (Å²) in [6.45, 7) is 1.20. The molecule has 0 atom stereocenters. The van der Waals surface area contributed by atoms with Gasteiger partial charge in [-0.1, -0.05) is 6.07 Å². The largest absolute Gasteiger partial charge is 0.507 e. The normalized spacial score (nSPS) is 10.3. The third kappa shape index (κ3) is 3.18. The molecule has 5 heteroatoms. The number of nitrogens with zero attached hydrogens (tertiary/aromatic N) is 2. The van der Waals surface area contributed by atoms with Gasteiger partial charge in [-0.25, -0.2) is 9.97 Å². The van der Waals surface area contributed by atoms with E-state index < -0.39 is 0 Å². The smallest absolute Gasteiger partial charge is 0.123 e. The van der Waals surface area contributed by atoms with Crippen LogP contribution in [0, 0.1) is 0 Å². The Morgan fingerprint density at radius 2 is 2.17 bits per heavy atom. The summed E-state index contributed by atoms with van der Waals surface area (Å²) in [6.07, 6.45) is 3.22. The highest BCUT2D eigenvalue weighted by molar-refractivity contribution is 5.39. The molecule has 0 aliphatic rings. The molecule has 0 spiro atoms. The molecule has 5 nitrogen and oxygen atoms in total. The van der Waals surface area contributed by atoms with E-state index in [2.05, 4.69) is 15.3 Å². The second kappa shape index (κ2) is 5.97. The van der Waals surface area contributed by atoms with Crippen LogP contribution in [0.4, 0.5) is 0 Å². The maximum atomic E-state index is 9.77. The Labute approximate surface area is 105 Å². The first-order valence-corrected chi connectivity index (χ1v) is 5.61. The second-order valence-corrected chi connectivity index (χ2v) is 3.80. The summed E-state index contributed by atoms with van der Waals surface area (Å²) in [6, 6.07) is 7.10. The van der Waals surface area contributed by atoms with Crippen molar-refractivity contribution in [3.8, 4) is 11.5 Å². The van der Waals surface area contributed by atoms with Crippen molar-refractivity contribution in [3.63, 3.8) is 0 Å². The highest BCUT2D eigenvalue weighted by atomic mass is 16.5. The van der Waals surface area contributed by atoms with Crippen LogP contribution in [0.1, 0.15) is 11.3 Å². The van der Waals surface area contributed by atoms with Crippen molar-refractivity contribution in [2.24, 2.45) is 0 Å². The summed E-state index contributed by atoms with van der Waals surface area (Å²) in [5, 5.41) is 13.0. The van der Waals surface area contributed by atoms with Crippen LogP contribution < -0.4 is 10.1 Å². The first-order chi connectivity index (χ1) is 8.79. The van der Waals surface area contributed by atoms with E-state index in [4.69, 9.17) is 4.74 Å². The number of rotatable bonds is 5. The molecular weight excluding hydrogens is 230 g/mol. The highest BCUT2D eigenvalue weighted by Crippen LogP contribution is 2.23. The van der Waals surface area contributed by atoms with Gasteiger partial charge in [0, 0.05) is 30.9 Å². The van der Waals surface area contributed by atoms with Crippen LogP contribution in [0.25, 0.3) is 0 Å². The molecule has 2 aromatic rings. The van der Waals surface area contributed by atoms with Crippen molar-refractivity contribution in [1.29, 1.82) is 0 Å². The molecule has 0 aliphatic heterocycles. The van der Waals surface area contributed by atoms with Gasteiger partial charge in [-0.3, -0.25) is 0 Å². The van der Waals surface area contributed by atoms with Crippen LogP contribution in [-0.2, 0) is 13.1 Å². The van der Waals surface area contributed by atoms with Crippen LogP contribution in [-0.4, -0.2) is 22.2 Å². The van der Waals surface area contributed by atoms with E-state index in [1.165, 1.54) is 6.33 Å². The van der Waals surface area contributed by atoms with Crippen LogP contribution in [0.2, 0.25) is 0 Å². The molecule has 2 rings (SSSR count). The maximum Gasteiger partial charge on any atom is 0.123 e. The van der Waals surface area contributed by atoms with Gasteiger partial charge < -0.3 is 15.2 Å². The lowest BCUT2D eigenvalue weighted by molar-refractivity contribution is 0.406. The van der Waals surface area contributed by atoms with E-state index in [1.54, 1.807) is 19.4 Å². The van der Waals surface area contributed by atoms with Crippen molar-refractivity contribution in [2.75, 3.05) is 7.11 Å². The Bertz CT molecular complexity index is 503. The molecule has 94 valence electrons. The molecule has 1 heterocycles. The van der Waals surface area contributed by atoms with Crippen LogP contribution >= 0.6 is 0 Å². The van der Waals surface area contributed by atoms with Gasteiger partial charge in [0.25, 0.3) is 0 Å². The molecule has 18 heavy (non-hydrogen) atoms. The zero-order valence-electron chi connectivity index (χ0n) is 10.1. The number of phenols is 1. The maximum absolute atomic E-state index is 9.77. The lowest BCUT2D eigenvalue weighted by atomic mass is 10.2. The molecule has 1 aromatic heterocycles. The number of hydrogen-bond donors (Lipinski definition) is 2. The van der Waals surface area contributed by atoms with Gasteiger partial charge in [-0.2, -0.15) is 0 Å². The molecule has 0 unspecified atom stereocenters. The van der Waals surface area contributed by atoms with E-state index in [1.807, 2.05) is 18.2 Å². The Kier molecular flexibility index (Phi) is 4.09. The lowest BCUT2D eigenvalue weighted by Gasteiger charge is -2.08. The number of hydrogen-bond acceptors (Lipinski definition) is 5. The van der Waals surface area contributed by atoms with Gasteiger partial charge in [0.05, 0.1) is 12.8 Å². The third-order valence-electron chi connectivity index (χ3n) is 2.56. The first-order valence-electron chi connectivity index (χ1n) is 5.61. The minimum Gasteiger partial charge on any atom is -0.507 e. The molecule has 0 bridgehead atoms. The molecule has 2 N–H and O–H groups in total. The van der Waals surface area contributed by atoms with Gasteiger partial charge >= 0.3 is 0 Å². The zero-order chi connectivity index (χ0) is 12.8. The van der Waals surface area contributed by atoms with Gasteiger partial charge in [-0.05, 0) is 12.1 Å². The number of aromatic hydroxyl groups is 1. The fourth-order valence-corrected chi connectivity index (χ4v) is 1.57. The number of aromatic nitrogens is 2. The highest BCUT2D eigenvalue weighted by Gasteiger charge is 2.02.